The van der Waals surface area contributed by atoms with Gasteiger partial charge in [-0.25, -0.2) is 9.78 Å². The molecule has 29 heavy (non-hydrogen) atoms. The van der Waals surface area contributed by atoms with Gasteiger partial charge in [-0.15, -0.1) is 0 Å². The Kier molecular flexibility index (Phi) is 6.30. The van der Waals surface area contributed by atoms with Crippen LogP contribution in [0.15, 0.2) is 18.2 Å². The smallest absolute Gasteiger partial charge is 0.355 e. The molecule has 3 rings (SSSR count). The quantitative estimate of drug-likeness (QED) is 0.738. The summed E-state index contributed by atoms with van der Waals surface area (Å²) in [6.07, 6.45) is 4.77. The number of ether oxygens (including phenoxy) is 1. The van der Waals surface area contributed by atoms with E-state index < -0.39 is 5.41 Å². The average molecular weight is 400 g/mol. The van der Waals surface area contributed by atoms with Crippen molar-refractivity contribution in [2.75, 3.05) is 0 Å². The van der Waals surface area contributed by atoms with Crippen LogP contribution in [0, 0.1) is 5.41 Å². The van der Waals surface area contributed by atoms with Gasteiger partial charge in [0.05, 0.1) is 17.8 Å². The number of pyridine rings is 1. The average Bonchev–Trinajstić information content (AvgIpc) is 3.01. The summed E-state index contributed by atoms with van der Waals surface area (Å²) >= 11 is 0. The monoisotopic (exact) mass is 399 g/mol. The number of aromatic nitrogens is 2. The van der Waals surface area contributed by atoms with Gasteiger partial charge in [-0.1, -0.05) is 33.1 Å². The number of amides is 1. The molecule has 158 valence electrons. The molecule has 0 unspecified atom stereocenters. The Balaban J connectivity index is 2.02. The Morgan fingerprint density at radius 1 is 1.24 bits per heavy atom. The number of hydrogen-bond donors (Lipinski definition) is 1. The first kappa shape index (κ1) is 21.3. The zero-order valence-electron chi connectivity index (χ0n) is 18.2. The van der Waals surface area contributed by atoms with Gasteiger partial charge in [-0.3, -0.25) is 4.79 Å². The predicted molar refractivity (Wildman–Crippen MR) is 114 cm³/mol. The maximum atomic E-state index is 12.8. The van der Waals surface area contributed by atoms with Crippen LogP contribution in [-0.4, -0.2) is 27.5 Å². The van der Waals surface area contributed by atoms with Gasteiger partial charge in [0, 0.05) is 17.3 Å². The van der Waals surface area contributed by atoms with Crippen molar-refractivity contribution < 1.29 is 14.3 Å². The molecule has 0 aromatic carbocycles. The first-order valence-corrected chi connectivity index (χ1v) is 10.7. The molecule has 1 N–H and O–H groups in total. The van der Waals surface area contributed by atoms with E-state index in [1.54, 1.807) is 0 Å². The highest BCUT2D eigenvalue weighted by molar-refractivity contribution is 5.94. The minimum absolute atomic E-state index is 0.0561. The van der Waals surface area contributed by atoms with Crippen molar-refractivity contribution in [2.45, 2.75) is 85.4 Å². The van der Waals surface area contributed by atoms with Crippen LogP contribution < -0.4 is 5.32 Å². The normalized spacial score (nSPS) is 20.5. The third kappa shape index (κ3) is 4.80. The van der Waals surface area contributed by atoms with Crippen molar-refractivity contribution in [2.24, 2.45) is 5.41 Å². The number of carbonyl (C=O) groups excluding carboxylic acids is 2. The molecule has 0 spiro atoms. The fourth-order valence-electron chi connectivity index (χ4n) is 3.82. The van der Waals surface area contributed by atoms with Crippen molar-refractivity contribution in [3.63, 3.8) is 0 Å². The number of fused-ring (bicyclic) bond motifs is 1. The van der Waals surface area contributed by atoms with Gasteiger partial charge in [-0.2, -0.15) is 0 Å². The van der Waals surface area contributed by atoms with E-state index in [0.717, 1.165) is 55.4 Å². The van der Waals surface area contributed by atoms with Gasteiger partial charge in [-0.05, 0) is 51.8 Å². The molecule has 1 atom stereocenters. The van der Waals surface area contributed by atoms with E-state index >= 15 is 0 Å². The van der Waals surface area contributed by atoms with E-state index in [1.165, 1.54) is 0 Å². The molecule has 2 bridgehead atoms. The zero-order chi connectivity index (χ0) is 21.2. The molecule has 6 nitrogen and oxygen atoms in total. The van der Waals surface area contributed by atoms with Crippen molar-refractivity contribution >= 4 is 22.9 Å². The largest absolute Gasteiger partial charge is 0.458 e. The van der Waals surface area contributed by atoms with E-state index in [2.05, 4.69) is 5.32 Å². The number of nitrogens with zero attached hydrogens (tertiary/aromatic N) is 2. The summed E-state index contributed by atoms with van der Waals surface area (Å²) in [5.74, 6) is -0.260. The van der Waals surface area contributed by atoms with Crippen LogP contribution in [0.2, 0.25) is 0 Å². The molecule has 2 aromatic rings. The van der Waals surface area contributed by atoms with Crippen LogP contribution in [0.25, 0.3) is 11.0 Å². The lowest BCUT2D eigenvalue weighted by Crippen LogP contribution is -2.38. The van der Waals surface area contributed by atoms with Crippen LogP contribution in [-0.2, 0) is 16.1 Å². The van der Waals surface area contributed by atoms with Crippen LogP contribution in [0.4, 0.5) is 0 Å². The molecule has 0 fully saturated rings. The molecule has 6 heteroatoms. The number of nitrogens with one attached hydrogen (secondary N) is 1. The molecular weight excluding hydrogens is 366 g/mol. The van der Waals surface area contributed by atoms with Gasteiger partial charge < -0.3 is 14.6 Å². The first-order chi connectivity index (χ1) is 13.7. The summed E-state index contributed by atoms with van der Waals surface area (Å²) in [4.78, 5) is 30.3. The minimum Gasteiger partial charge on any atom is -0.458 e. The number of esters is 1. The van der Waals surface area contributed by atoms with Crippen LogP contribution in [0.1, 0.15) is 88.9 Å². The third-order valence-electron chi connectivity index (χ3n) is 5.66. The predicted octanol–water partition coefficient (Wildman–Crippen LogP) is 4.77. The second-order valence-corrected chi connectivity index (χ2v) is 9.03. The second kappa shape index (κ2) is 8.56. The highest BCUT2D eigenvalue weighted by Crippen LogP contribution is 2.28. The topological polar surface area (TPSA) is 73.2 Å². The van der Waals surface area contributed by atoms with Gasteiger partial charge in [0.15, 0.2) is 0 Å². The van der Waals surface area contributed by atoms with Crippen molar-refractivity contribution in [3.8, 4) is 0 Å². The SMILES string of the molecule is CC(C)OC(=O)c1cc2ccc3nc2n1CCCCCCC(C)(C)C(=O)N[C@@H]3C. The van der Waals surface area contributed by atoms with Gasteiger partial charge in [0.25, 0.3) is 0 Å². The third-order valence-corrected chi connectivity index (χ3v) is 5.66. The standard InChI is InChI=1S/C23H33N3O3/c1-15(2)29-21(27)19-14-17-10-11-18-16(3)24-22(28)23(4,5)12-8-6-7-9-13-26(19)20(17)25-18/h10-11,14-16H,6-9,12-13H2,1-5H3,(H,24,28)/t16-/m1/s1. The van der Waals surface area contributed by atoms with E-state index in [-0.39, 0.29) is 24.0 Å². The Labute approximate surface area is 173 Å². The maximum absolute atomic E-state index is 12.8. The van der Waals surface area contributed by atoms with Gasteiger partial charge >= 0.3 is 5.97 Å². The molecule has 3 heterocycles. The van der Waals surface area contributed by atoms with Crippen LogP contribution in [0.5, 0.6) is 0 Å². The fourth-order valence-corrected chi connectivity index (χ4v) is 3.82. The molecule has 0 saturated carbocycles. The minimum atomic E-state index is -0.392. The Morgan fingerprint density at radius 2 is 1.97 bits per heavy atom. The molecular formula is C23H33N3O3. The summed E-state index contributed by atoms with van der Waals surface area (Å²) < 4.78 is 7.43. The maximum Gasteiger partial charge on any atom is 0.355 e. The van der Waals surface area contributed by atoms with Crippen LogP contribution in [0.3, 0.4) is 0 Å². The molecule has 2 aromatic heterocycles. The number of carbonyl (C=O) groups is 2. The highest BCUT2D eigenvalue weighted by atomic mass is 16.5. The van der Waals surface area contributed by atoms with E-state index in [0.29, 0.717) is 5.69 Å². The molecule has 1 aliphatic rings. The molecule has 0 saturated heterocycles. The van der Waals surface area contributed by atoms with Crippen molar-refractivity contribution in [1.82, 2.24) is 14.9 Å². The van der Waals surface area contributed by atoms with Gasteiger partial charge in [0.1, 0.15) is 11.3 Å². The van der Waals surface area contributed by atoms with E-state index in [4.69, 9.17) is 9.72 Å². The summed E-state index contributed by atoms with van der Waals surface area (Å²) in [5, 5.41) is 4.03. The summed E-state index contributed by atoms with van der Waals surface area (Å²) in [5.41, 5.74) is 1.72. The van der Waals surface area contributed by atoms with Crippen molar-refractivity contribution in [3.05, 3.63) is 29.6 Å². The zero-order valence-corrected chi connectivity index (χ0v) is 18.2. The number of hydrogen-bond acceptors (Lipinski definition) is 4. The number of aryl methyl sites for hydroxylation is 1. The summed E-state index contributed by atoms with van der Waals surface area (Å²) in [6.45, 7) is 10.4. The molecule has 0 aliphatic carbocycles. The molecule has 1 amide bonds. The van der Waals surface area contributed by atoms with E-state index in [9.17, 15) is 9.59 Å². The fraction of sp³-hybridized carbons (Fsp3) is 0.609. The molecule has 0 radical (unpaired) electrons. The second-order valence-electron chi connectivity index (χ2n) is 9.03. The Morgan fingerprint density at radius 3 is 2.69 bits per heavy atom. The van der Waals surface area contributed by atoms with Crippen LogP contribution >= 0.6 is 0 Å². The summed E-state index contributed by atoms with van der Waals surface area (Å²) in [6, 6.07) is 5.55. The molecule has 1 aliphatic heterocycles. The lowest BCUT2D eigenvalue weighted by Gasteiger charge is -2.26. The summed E-state index contributed by atoms with van der Waals surface area (Å²) in [7, 11) is 0. The lowest BCUT2D eigenvalue weighted by atomic mass is 9.85. The lowest BCUT2D eigenvalue weighted by molar-refractivity contribution is -0.130. The highest BCUT2D eigenvalue weighted by Gasteiger charge is 2.29. The van der Waals surface area contributed by atoms with E-state index in [1.807, 2.05) is 57.4 Å². The Hall–Kier alpha value is -2.37. The first-order valence-electron chi connectivity index (χ1n) is 10.7. The van der Waals surface area contributed by atoms with Gasteiger partial charge in [0.2, 0.25) is 5.91 Å². The van der Waals surface area contributed by atoms with Crippen molar-refractivity contribution in [1.29, 1.82) is 0 Å². The number of rotatable bonds is 2. The Bertz CT molecular complexity index is 898.